The summed E-state index contributed by atoms with van der Waals surface area (Å²) in [5.74, 6) is 1.77. The molecule has 1 aromatic heterocycles. The van der Waals surface area contributed by atoms with Crippen molar-refractivity contribution >= 4 is 23.3 Å². The van der Waals surface area contributed by atoms with E-state index in [0.717, 1.165) is 16.9 Å². The Morgan fingerprint density at radius 3 is 2.63 bits per heavy atom. The van der Waals surface area contributed by atoms with Gasteiger partial charge in [-0.05, 0) is 29.8 Å². The first kappa shape index (κ1) is 17.4. The van der Waals surface area contributed by atoms with Crippen LogP contribution in [0.4, 0.5) is 5.82 Å². The summed E-state index contributed by atoms with van der Waals surface area (Å²) in [4.78, 5) is 17.0. The van der Waals surface area contributed by atoms with Crippen molar-refractivity contribution in [1.29, 1.82) is 0 Å². The maximum Gasteiger partial charge on any atom is 0.226 e. The van der Waals surface area contributed by atoms with Crippen LogP contribution in [0, 0.1) is 0 Å². The number of halogens is 1. The van der Waals surface area contributed by atoms with Crippen molar-refractivity contribution in [2.45, 2.75) is 12.3 Å². The van der Waals surface area contributed by atoms with E-state index < -0.39 is 0 Å². The zero-order chi connectivity index (χ0) is 19.0. The number of aromatic nitrogens is 2. The number of rotatable bonds is 4. The van der Waals surface area contributed by atoms with E-state index in [4.69, 9.17) is 21.1 Å². The summed E-state index contributed by atoms with van der Waals surface area (Å²) in [5, 5.41) is 3.60. The lowest BCUT2D eigenvalue weighted by atomic mass is 9.90. The summed E-state index contributed by atoms with van der Waals surface area (Å²) in [6.45, 7) is 0. The fourth-order valence-corrected chi connectivity index (χ4v) is 3.47. The second-order valence-electron chi connectivity index (χ2n) is 6.24. The first-order chi connectivity index (χ1) is 13.1. The Morgan fingerprint density at radius 1 is 1.15 bits per heavy atom. The van der Waals surface area contributed by atoms with Crippen LogP contribution in [0.25, 0.3) is 5.69 Å². The second-order valence-corrected chi connectivity index (χ2v) is 6.68. The van der Waals surface area contributed by atoms with Crippen LogP contribution in [0.1, 0.15) is 23.6 Å². The zero-order valence-corrected chi connectivity index (χ0v) is 15.7. The molecule has 0 saturated carbocycles. The van der Waals surface area contributed by atoms with Gasteiger partial charge in [0.15, 0.2) is 0 Å². The van der Waals surface area contributed by atoms with E-state index in [1.54, 1.807) is 20.5 Å². The molecule has 0 unspecified atom stereocenters. The number of hydrogen-bond acceptors (Lipinski definition) is 4. The molecule has 6 nitrogen and oxygen atoms in total. The predicted molar refractivity (Wildman–Crippen MR) is 103 cm³/mol. The Hall–Kier alpha value is -2.99. The zero-order valence-electron chi connectivity index (χ0n) is 14.9. The molecule has 1 atom stereocenters. The number of anilines is 1. The van der Waals surface area contributed by atoms with Crippen molar-refractivity contribution in [3.05, 3.63) is 65.1 Å². The highest BCUT2D eigenvalue weighted by Crippen LogP contribution is 2.39. The van der Waals surface area contributed by atoms with Crippen LogP contribution < -0.4 is 14.8 Å². The Kier molecular flexibility index (Phi) is 4.49. The number of carbonyl (C=O) groups is 1. The van der Waals surface area contributed by atoms with Gasteiger partial charge in [-0.2, -0.15) is 0 Å². The van der Waals surface area contributed by atoms with E-state index in [-0.39, 0.29) is 11.8 Å². The van der Waals surface area contributed by atoms with Crippen LogP contribution in [-0.4, -0.2) is 29.7 Å². The normalized spacial score (nSPS) is 15.8. The molecule has 1 aliphatic heterocycles. The van der Waals surface area contributed by atoms with Gasteiger partial charge in [-0.1, -0.05) is 23.7 Å². The Balaban J connectivity index is 1.84. The van der Waals surface area contributed by atoms with Crippen LogP contribution in [-0.2, 0) is 4.79 Å². The van der Waals surface area contributed by atoms with E-state index in [1.165, 1.54) is 0 Å². The van der Waals surface area contributed by atoms with Gasteiger partial charge in [0.1, 0.15) is 23.6 Å². The topological polar surface area (TPSA) is 65.4 Å². The number of amides is 1. The molecular formula is C20H18ClN3O3. The maximum atomic E-state index is 12.4. The van der Waals surface area contributed by atoms with Crippen LogP contribution in [0.3, 0.4) is 0 Å². The molecule has 2 heterocycles. The smallest absolute Gasteiger partial charge is 0.226 e. The van der Waals surface area contributed by atoms with Crippen LogP contribution in [0.2, 0.25) is 5.02 Å². The van der Waals surface area contributed by atoms with Crippen molar-refractivity contribution < 1.29 is 14.3 Å². The number of nitrogens with one attached hydrogen (secondary N) is 1. The van der Waals surface area contributed by atoms with Gasteiger partial charge in [0, 0.05) is 23.4 Å². The van der Waals surface area contributed by atoms with Crippen molar-refractivity contribution in [1.82, 2.24) is 9.55 Å². The highest BCUT2D eigenvalue weighted by molar-refractivity contribution is 6.30. The quantitative estimate of drug-likeness (QED) is 0.739. The Bertz CT molecular complexity index is 998. The molecule has 4 rings (SSSR count). The molecular weight excluding hydrogens is 366 g/mol. The molecule has 0 fully saturated rings. The molecule has 27 heavy (non-hydrogen) atoms. The van der Waals surface area contributed by atoms with Crippen LogP contribution in [0.15, 0.2) is 48.8 Å². The predicted octanol–water partition coefficient (Wildman–Crippen LogP) is 4.02. The van der Waals surface area contributed by atoms with Gasteiger partial charge in [-0.25, -0.2) is 4.98 Å². The number of methoxy groups -OCH3 is 2. The minimum Gasteiger partial charge on any atom is -0.497 e. The number of carbonyl (C=O) groups excluding carboxylic acids is 1. The monoisotopic (exact) mass is 383 g/mol. The molecule has 0 spiro atoms. The fourth-order valence-electron chi connectivity index (χ4n) is 3.35. The third-order valence-corrected chi connectivity index (χ3v) is 4.94. The minimum absolute atomic E-state index is 0.0638. The van der Waals surface area contributed by atoms with E-state index in [1.807, 2.05) is 47.0 Å². The van der Waals surface area contributed by atoms with Gasteiger partial charge in [0.2, 0.25) is 5.91 Å². The number of benzene rings is 2. The van der Waals surface area contributed by atoms with Gasteiger partial charge >= 0.3 is 0 Å². The standard InChI is InChI=1S/C20H18ClN3O3/c1-26-14-7-8-17(27-2)16(9-14)24-11-22-19-15(10-18(25)23-20(19)24)12-3-5-13(21)6-4-12/h3-9,11,15H,10H2,1-2H3,(H,23,25)/t15-/m1/s1. The van der Waals surface area contributed by atoms with E-state index >= 15 is 0 Å². The van der Waals surface area contributed by atoms with Gasteiger partial charge in [-0.15, -0.1) is 0 Å². The minimum atomic E-state index is -0.135. The van der Waals surface area contributed by atoms with Gasteiger partial charge in [-0.3, -0.25) is 9.36 Å². The molecule has 0 saturated heterocycles. The SMILES string of the molecule is COc1ccc(OC)c(-n2cnc3c2NC(=O)C[C@@H]3c2ccc(Cl)cc2)c1. The van der Waals surface area contributed by atoms with Gasteiger partial charge in [0.25, 0.3) is 0 Å². The number of fused-ring (bicyclic) bond motifs is 1. The highest BCUT2D eigenvalue weighted by atomic mass is 35.5. The molecule has 0 bridgehead atoms. The molecule has 138 valence electrons. The molecule has 1 N–H and O–H groups in total. The van der Waals surface area contributed by atoms with Gasteiger partial charge in [0.05, 0.1) is 25.6 Å². The maximum absolute atomic E-state index is 12.4. The summed E-state index contributed by atoms with van der Waals surface area (Å²) >= 11 is 6.00. The van der Waals surface area contributed by atoms with Crippen LogP contribution >= 0.6 is 11.6 Å². The molecule has 1 amide bonds. The average molecular weight is 384 g/mol. The third-order valence-electron chi connectivity index (χ3n) is 4.69. The van der Waals surface area contributed by atoms with E-state index in [0.29, 0.717) is 28.8 Å². The van der Waals surface area contributed by atoms with E-state index in [2.05, 4.69) is 10.3 Å². The Labute approximate surface area is 161 Å². The summed E-state index contributed by atoms with van der Waals surface area (Å²) < 4.78 is 12.6. The second kappa shape index (κ2) is 6.96. The molecule has 1 aliphatic rings. The van der Waals surface area contributed by atoms with Crippen molar-refractivity contribution in [3.63, 3.8) is 0 Å². The molecule has 2 aromatic carbocycles. The first-order valence-electron chi connectivity index (χ1n) is 8.45. The Morgan fingerprint density at radius 2 is 1.93 bits per heavy atom. The number of ether oxygens (including phenoxy) is 2. The number of nitrogens with zero attached hydrogens (tertiary/aromatic N) is 2. The van der Waals surface area contributed by atoms with Gasteiger partial charge < -0.3 is 14.8 Å². The molecule has 0 radical (unpaired) electrons. The third kappa shape index (κ3) is 3.13. The lowest BCUT2D eigenvalue weighted by molar-refractivity contribution is -0.116. The molecule has 7 heteroatoms. The van der Waals surface area contributed by atoms with Crippen LogP contribution in [0.5, 0.6) is 11.5 Å². The van der Waals surface area contributed by atoms with E-state index in [9.17, 15) is 4.79 Å². The molecule has 0 aliphatic carbocycles. The number of imidazole rings is 1. The van der Waals surface area contributed by atoms with Crippen molar-refractivity contribution in [2.75, 3.05) is 19.5 Å². The van der Waals surface area contributed by atoms with Crippen molar-refractivity contribution in [3.8, 4) is 17.2 Å². The molecule has 3 aromatic rings. The summed E-state index contributed by atoms with van der Waals surface area (Å²) in [6, 6.07) is 13.0. The highest BCUT2D eigenvalue weighted by Gasteiger charge is 2.31. The average Bonchev–Trinajstić information content (AvgIpc) is 3.11. The lowest BCUT2D eigenvalue weighted by Gasteiger charge is -2.24. The lowest BCUT2D eigenvalue weighted by Crippen LogP contribution is -2.25. The fraction of sp³-hybridized carbons (Fsp3) is 0.200. The van der Waals surface area contributed by atoms with Crippen molar-refractivity contribution in [2.24, 2.45) is 0 Å². The number of hydrogen-bond donors (Lipinski definition) is 1. The first-order valence-corrected chi connectivity index (χ1v) is 8.83. The summed E-state index contributed by atoms with van der Waals surface area (Å²) in [7, 11) is 3.21. The largest absolute Gasteiger partial charge is 0.497 e. The summed E-state index contributed by atoms with van der Waals surface area (Å²) in [6.07, 6.45) is 2.03. The summed E-state index contributed by atoms with van der Waals surface area (Å²) in [5.41, 5.74) is 2.54.